The molecule has 35 heavy (non-hydrogen) atoms. The molecule has 10 heteroatoms. The van der Waals surface area contributed by atoms with Crippen LogP contribution in [0.1, 0.15) is 39.7 Å². The van der Waals surface area contributed by atoms with Crippen molar-refractivity contribution in [3.8, 4) is 0 Å². The van der Waals surface area contributed by atoms with Crippen molar-refractivity contribution in [1.29, 1.82) is 0 Å². The molecular weight excluding hydrogens is 456 g/mol. The number of methoxy groups -OCH3 is 1. The molecule has 0 saturated carbocycles. The molecule has 0 aromatic heterocycles. The molecule has 1 aromatic rings. The number of hydrogen-bond acceptors (Lipinski definition) is 8. The first-order valence-corrected chi connectivity index (χ1v) is 11.7. The van der Waals surface area contributed by atoms with Gasteiger partial charge in [0.05, 0.1) is 19.1 Å². The van der Waals surface area contributed by atoms with E-state index in [1.807, 2.05) is 6.07 Å². The number of rotatable bonds is 7. The van der Waals surface area contributed by atoms with Crippen molar-refractivity contribution >= 4 is 29.4 Å². The van der Waals surface area contributed by atoms with E-state index in [0.29, 0.717) is 18.8 Å². The van der Waals surface area contributed by atoms with Gasteiger partial charge in [-0.15, -0.1) is 0 Å². The molecule has 10 nitrogen and oxygen atoms in total. The zero-order valence-corrected chi connectivity index (χ0v) is 20.9. The molecule has 2 fully saturated rings. The molecular formula is C25H34N2O8. The summed E-state index contributed by atoms with van der Waals surface area (Å²) < 4.78 is 21.4. The third kappa shape index (κ3) is 7.02. The van der Waals surface area contributed by atoms with Crippen LogP contribution in [-0.2, 0) is 44.5 Å². The van der Waals surface area contributed by atoms with Crippen molar-refractivity contribution in [3.63, 3.8) is 0 Å². The fourth-order valence-electron chi connectivity index (χ4n) is 4.12. The Morgan fingerprint density at radius 2 is 1.94 bits per heavy atom. The van der Waals surface area contributed by atoms with Crippen molar-refractivity contribution in [3.05, 3.63) is 29.8 Å². The minimum atomic E-state index is -1.53. The first kappa shape index (κ1) is 26.6. The summed E-state index contributed by atoms with van der Waals surface area (Å²) in [5.41, 5.74) is 0.482. The molecule has 0 unspecified atom stereocenters. The van der Waals surface area contributed by atoms with E-state index in [4.69, 9.17) is 18.9 Å². The highest BCUT2D eigenvalue weighted by atomic mass is 16.6. The van der Waals surface area contributed by atoms with E-state index in [-0.39, 0.29) is 31.6 Å². The number of carbonyl (C=O) groups excluding carboxylic acids is 4. The van der Waals surface area contributed by atoms with Crippen molar-refractivity contribution in [1.82, 2.24) is 4.90 Å². The number of nitrogens with zero attached hydrogens (tertiary/aromatic N) is 2. The lowest BCUT2D eigenvalue weighted by Gasteiger charge is -2.35. The van der Waals surface area contributed by atoms with Gasteiger partial charge < -0.3 is 28.7 Å². The van der Waals surface area contributed by atoms with Crippen LogP contribution >= 0.6 is 0 Å². The molecule has 0 radical (unpaired) electrons. The predicted molar refractivity (Wildman–Crippen MR) is 126 cm³/mol. The van der Waals surface area contributed by atoms with Gasteiger partial charge in [-0.25, -0.2) is 4.79 Å². The Bertz CT molecular complexity index is 957. The summed E-state index contributed by atoms with van der Waals surface area (Å²) in [6.45, 7) is 7.78. The average molecular weight is 491 g/mol. The molecule has 3 atom stereocenters. The van der Waals surface area contributed by atoms with E-state index >= 15 is 0 Å². The zero-order chi connectivity index (χ0) is 25.8. The summed E-state index contributed by atoms with van der Waals surface area (Å²) >= 11 is 0. The smallest absolute Gasteiger partial charge is 0.351 e. The van der Waals surface area contributed by atoms with Crippen LogP contribution in [0.4, 0.5) is 5.69 Å². The Labute approximate surface area is 205 Å². The van der Waals surface area contributed by atoms with Crippen molar-refractivity contribution in [2.45, 2.75) is 64.4 Å². The zero-order valence-electron chi connectivity index (χ0n) is 20.9. The van der Waals surface area contributed by atoms with E-state index in [0.717, 1.165) is 18.9 Å². The molecule has 2 saturated heterocycles. The molecule has 3 rings (SSSR count). The number of ether oxygens (including phenoxy) is 4. The monoisotopic (exact) mass is 490 g/mol. The lowest BCUT2D eigenvalue weighted by atomic mass is 10.1. The number of carbonyl (C=O) groups is 4. The van der Waals surface area contributed by atoms with Gasteiger partial charge in [0, 0.05) is 39.4 Å². The first-order valence-electron chi connectivity index (χ1n) is 11.7. The van der Waals surface area contributed by atoms with Crippen LogP contribution in [0.5, 0.6) is 0 Å². The van der Waals surface area contributed by atoms with E-state index in [2.05, 4.69) is 0 Å². The molecule has 0 N–H and O–H groups in total. The fourth-order valence-corrected chi connectivity index (χ4v) is 4.12. The van der Waals surface area contributed by atoms with E-state index in [9.17, 15) is 19.2 Å². The first-order chi connectivity index (χ1) is 16.5. The second-order valence-electron chi connectivity index (χ2n) is 9.68. The van der Waals surface area contributed by atoms with Gasteiger partial charge in [0.25, 0.3) is 5.91 Å². The quantitative estimate of drug-likeness (QED) is 0.529. The Morgan fingerprint density at radius 3 is 2.57 bits per heavy atom. The lowest BCUT2D eigenvalue weighted by molar-refractivity contribution is -0.188. The van der Waals surface area contributed by atoms with Crippen LogP contribution in [-0.4, -0.2) is 85.9 Å². The van der Waals surface area contributed by atoms with Crippen LogP contribution < -0.4 is 4.90 Å². The topological polar surface area (TPSA) is 112 Å². The highest BCUT2D eigenvalue weighted by molar-refractivity contribution is 6.01. The van der Waals surface area contributed by atoms with Gasteiger partial charge in [0.1, 0.15) is 5.60 Å². The Balaban J connectivity index is 1.75. The Hall–Kier alpha value is -2.98. The number of amides is 2. The number of hydrogen-bond donors (Lipinski definition) is 0. The number of esters is 2. The van der Waals surface area contributed by atoms with Crippen LogP contribution in [0.15, 0.2) is 24.3 Å². The highest BCUT2D eigenvalue weighted by Gasteiger charge is 2.44. The second-order valence-corrected chi connectivity index (χ2v) is 9.68. The minimum absolute atomic E-state index is 0.00673. The number of morpholine rings is 1. The van der Waals surface area contributed by atoms with Crippen LogP contribution in [0.25, 0.3) is 0 Å². The van der Waals surface area contributed by atoms with Crippen molar-refractivity contribution in [2.24, 2.45) is 0 Å². The number of benzene rings is 1. The van der Waals surface area contributed by atoms with Crippen LogP contribution in [0.3, 0.4) is 0 Å². The maximum absolute atomic E-state index is 13.3. The Morgan fingerprint density at radius 1 is 1.20 bits per heavy atom. The molecule has 0 spiro atoms. The average Bonchev–Trinajstić information content (AvgIpc) is 3.26. The van der Waals surface area contributed by atoms with Crippen LogP contribution in [0, 0.1) is 0 Å². The Kier molecular flexibility index (Phi) is 8.50. The van der Waals surface area contributed by atoms with Gasteiger partial charge in [0.2, 0.25) is 12.0 Å². The SMILES string of the molecule is CO[C@H]1CCN(C(=O)Cc2cccc(N3CCO[C@H]([C@@H](OC(C)=O)C(=O)OC(C)(C)C)C3=O)c2)C1. The van der Waals surface area contributed by atoms with Crippen molar-refractivity contribution in [2.75, 3.05) is 38.3 Å². The van der Waals surface area contributed by atoms with Crippen molar-refractivity contribution < 1.29 is 38.1 Å². The van der Waals surface area contributed by atoms with Crippen LogP contribution in [0.2, 0.25) is 0 Å². The maximum Gasteiger partial charge on any atom is 0.351 e. The molecule has 192 valence electrons. The molecule has 2 amide bonds. The molecule has 0 aliphatic carbocycles. The van der Waals surface area contributed by atoms with Gasteiger partial charge >= 0.3 is 11.9 Å². The summed E-state index contributed by atoms with van der Waals surface area (Å²) in [4.78, 5) is 53.7. The molecule has 2 heterocycles. The number of likely N-dealkylation sites (tertiary alicyclic amines) is 1. The summed E-state index contributed by atoms with van der Waals surface area (Å²) in [5.74, 6) is -2.12. The normalized spacial score (nSPS) is 21.6. The number of anilines is 1. The summed E-state index contributed by atoms with van der Waals surface area (Å²) in [6.07, 6.45) is -1.81. The second kappa shape index (κ2) is 11.2. The van der Waals surface area contributed by atoms with Gasteiger partial charge in [-0.1, -0.05) is 12.1 Å². The van der Waals surface area contributed by atoms with E-state index in [1.165, 1.54) is 4.90 Å². The van der Waals surface area contributed by atoms with E-state index in [1.54, 1.807) is 51.0 Å². The fraction of sp³-hybridized carbons (Fsp3) is 0.600. The predicted octanol–water partition coefficient (Wildman–Crippen LogP) is 1.48. The lowest BCUT2D eigenvalue weighted by Crippen LogP contribution is -2.56. The third-order valence-electron chi connectivity index (χ3n) is 5.74. The molecule has 0 bridgehead atoms. The van der Waals surface area contributed by atoms with Gasteiger partial charge in [0.15, 0.2) is 6.10 Å². The van der Waals surface area contributed by atoms with Gasteiger partial charge in [-0.3, -0.25) is 14.4 Å². The molecule has 1 aromatic carbocycles. The summed E-state index contributed by atoms with van der Waals surface area (Å²) in [7, 11) is 1.64. The largest absolute Gasteiger partial charge is 0.457 e. The minimum Gasteiger partial charge on any atom is -0.457 e. The standard InChI is InChI=1S/C25H34N2O8/c1-16(28)34-22(24(31)35-25(2,3)4)21-23(30)27(11-12-33-21)18-8-6-7-17(13-18)14-20(29)26-10-9-19(15-26)32-5/h6-8,13,19,21-22H,9-12,14-15H2,1-5H3/t19-,21+,22+/m0/s1. The molecule has 2 aliphatic heterocycles. The highest BCUT2D eigenvalue weighted by Crippen LogP contribution is 2.25. The van der Waals surface area contributed by atoms with Gasteiger partial charge in [-0.2, -0.15) is 0 Å². The third-order valence-corrected chi connectivity index (χ3v) is 5.74. The summed E-state index contributed by atoms with van der Waals surface area (Å²) in [5, 5.41) is 0. The van der Waals surface area contributed by atoms with E-state index < -0.39 is 35.7 Å². The maximum atomic E-state index is 13.3. The van der Waals surface area contributed by atoms with Gasteiger partial charge in [-0.05, 0) is 44.9 Å². The molecule has 2 aliphatic rings. The summed E-state index contributed by atoms with van der Waals surface area (Å²) in [6, 6.07) is 7.13.